The summed E-state index contributed by atoms with van der Waals surface area (Å²) >= 11 is 1.55. The normalized spacial score (nSPS) is 11.4. The molecule has 0 spiro atoms. The van der Waals surface area contributed by atoms with Crippen molar-refractivity contribution < 1.29 is 35.6 Å². The standard InChI is InChI=1S/C37H39FN3O3S.ClH/c1-40(18-19-41(2,3)4)25-27-10-13-29(14-11-27)36-24-33-37(45-36)35(16-17-39-33)44-34-15-12-28(22-32(34)38)21-31(43)23-30(42)20-26-8-6-5-7-9-26;/h5-17,22,24H,18-21,23,25H2,1-4H3;1H/q+1;/p-1. The van der Waals surface area contributed by atoms with Gasteiger partial charge in [0.15, 0.2) is 11.6 Å². The number of Topliss-reactive ketones (excluding diaryl/α,β-unsaturated/α-hetero) is 2. The number of ketones is 2. The van der Waals surface area contributed by atoms with Gasteiger partial charge in [0.1, 0.15) is 17.3 Å². The van der Waals surface area contributed by atoms with Crippen molar-refractivity contribution in [1.82, 2.24) is 9.88 Å². The summed E-state index contributed by atoms with van der Waals surface area (Å²) in [5.74, 6) is -0.391. The lowest BCUT2D eigenvalue weighted by Crippen LogP contribution is -3.00. The smallest absolute Gasteiger partial charge is 0.166 e. The van der Waals surface area contributed by atoms with Crippen LogP contribution in [0, 0.1) is 5.82 Å². The molecule has 0 saturated heterocycles. The van der Waals surface area contributed by atoms with E-state index in [0.717, 1.165) is 50.3 Å². The van der Waals surface area contributed by atoms with Crippen LogP contribution in [0.3, 0.4) is 0 Å². The number of hydrogen-bond donors (Lipinski definition) is 0. The first-order valence-electron chi connectivity index (χ1n) is 15.0. The van der Waals surface area contributed by atoms with Crippen molar-refractivity contribution in [1.29, 1.82) is 0 Å². The van der Waals surface area contributed by atoms with Crippen molar-refractivity contribution in [3.8, 4) is 21.9 Å². The number of likely N-dealkylation sites (N-methyl/N-ethyl adjacent to an activating group) is 2. The van der Waals surface area contributed by atoms with E-state index in [1.807, 2.05) is 36.4 Å². The first-order chi connectivity index (χ1) is 21.5. The fourth-order valence-electron chi connectivity index (χ4n) is 5.02. The summed E-state index contributed by atoms with van der Waals surface area (Å²) in [7, 11) is 8.76. The van der Waals surface area contributed by atoms with Gasteiger partial charge in [0.05, 0.1) is 44.3 Å². The predicted octanol–water partition coefficient (Wildman–Crippen LogP) is 4.35. The van der Waals surface area contributed by atoms with Crippen LogP contribution in [0.15, 0.2) is 91.1 Å². The molecule has 240 valence electrons. The van der Waals surface area contributed by atoms with Crippen LogP contribution in [-0.4, -0.2) is 67.2 Å². The Kier molecular flexibility index (Phi) is 11.8. The number of fused-ring (bicyclic) bond motifs is 1. The number of hydrogen-bond acceptors (Lipinski definition) is 6. The van der Waals surface area contributed by atoms with Gasteiger partial charge < -0.3 is 21.6 Å². The van der Waals surface area contributed by atoms with Crippen LogP contribution in [-0.2, 0) is 29.0 Å². The van der Waals surface area contributed by atoms with E-state index in [4.69, 9.17) is 4.74 Å². The molecule has 2 heterocycles. The highest BCUT2D eigenvalue weighted by Crippen LogP contribution is 2.39. The summed E-state index contributed by atoms with van der Waals surface area (Å²) in [5, 5.41) is 0. The highest BCUT2D eigenvalue weighted by molar-refractivity contribution is 7.22. The highest BCUT2D eigenvalue weighted by Gasteiger charge is 2.16. The van der Waals surface area contributed by atoms with Gasteiger partial charge in [0.2, 0.25) is 0 Å². The van der Waals surface area contributed by atoms with Crippen molar-refractivity contribution in [3.05, 3.63) is 114 Å². The van der Waals surface area contributed by atoms with Crippen molar-refractivity contribution in [3.63, 3.8) is 0 Å². The topological polar surface area (TPSA) is 59.5 Å². The molecule has 3 aromatic carbocycles. The average Bonchev–Trinajstić information content (AvgIpc) is 3.43. The van der Waals surface area contributed by atoms with Gasteiger partial charge in [-0.25, -0.2) is 4.39 Å². The van der Waals surface area contributed by atoms with Crippen molar-refractivity contribution in [2.45, 2.75) is 25.8 Å². The fraction of sp³-hybridized carbons (Fsp3) is 0.270. The van der Waals surface area contributed by atoms with E-state index in [1.165, 1.54) is 17.7 Å². The molecule has 0 atom stereocenters. The third-order valence-electron chi connectivity index (χ3n) is 7.48. The zero-order chi connectivity index (χ0) is 32.0. The van der Waals surface area contributed by atoms with E-state index in [-0.39, 0.29) is 49.0 Å². The summed E-state index contributed by atoms with van der Waals surface area (Å²) in [4.78, 5) is 32.7. The number of thiophene rings is 1. The van der Waals surface area contributed by atoms with Gasteiger partial charge in [-0.2, -0.15) is 0 Å². The van der Waals surface area contributed by atoms with E-state index in [1.54, 1.807) is 29.7 Å². The first kappa shape index (κ1) is 34.9. The number of pyridine rings is 1. The summed E-state index contributed by atoms with van der Waals surface area (Å²) in [5.41, 5.74) is 4.49. The van der Waals surface area contributed by atoms with Crippen LogP contribution >= 0.6 is 11.3 Å². The Morgan fingerprint density at radius 1 is 0.848 bits per heavy atom. The molecule has 0 fully saturated rings. The highest BCUT2D eigenvalue weighted by atomic mass is 35.5. The molecule has 5 aromatic rings. The molecule has 0 radical (unpaired) electrons. The van der Waals surface area contributed by atoms with Crippen molar-refractivity contribution in [2.24, 2.45) is 0 Å². The van der Waals surface area contributed by atoms with Crippen LogP contribution in [0.1, 0.15) is 23.1 Å². The molecular weight excluding hydrogens is 621 g/mol. The molecule has 6 nitrogen and oxygen atoms in total. The Labute approximate surface area is 280 Å². The molecule has 46 heavy (non-hydrogen) atoms. The van der Waals surface area contributed by atoms with E-state index in [9.17, 15) is 9.59 Å². The third-order valence-corrected chi connectivity index (χ3v) is 8.66. The minimum atomic E-state index is -0.570. The van der Waals surface area contributed by atoms with Crippen LogP contribution < -0.4 is 17.1 Å². The van der Waals surface area contributed by atoms with Gasteiger partial charge in [0.25, 0.3) is 0 Å². The summed E-state index contributed by atoms with van der Waals surface area (Å²) < 4.78 is 22.9. The average molecular weight is 660 g/mol. The second-order valence-corrected chi connectivity index (χ2v) is 13.6. The minimum absolute atomic E-state index is 0. The van der Waals surface area contributed by atoms with Crippen molar-refractivity contribution in [2.75, 3.05) is 41.3 Å². The molecule has 2 aromatic heterocycles. The molecule has 0 aliphatic carbocycles. The molecule has 9 heteroatoms. The van der Waals surface area contributed by atoms with Gasteiger partial charge in [-0.15, -0.1) is 11.3 Å². The van der Waals surface area contributed by atoms with E-state index in [0.29, 0.717) is 11.3 Å². The lowest BCUT2D eigenvalue weighted by atomic mass is 10.0. The van der Waals surface area contributed by atoms with Crippen LogP contribution in [0.2, 0.25) is 0 Å². The molecule has 0 amide bonds. The number of nitrogens with zero attached hydrogens (tertiary/aromatic N) is 3. The molecule has 5 rings (SSSR count). The molecule has 0 bridgehead atoms. The van der Waals surface area contributed by atoms with E-state index >= 15 is 4.39 Å². The maximum Gasteiger partial charge on any atom is 0.166 e. The molecular formula is C37H39ClFN3O3S. The van der Waals surface area contributed by atoms with E-state index < -0.39 is 5.82 Å². The second-order valence-electron chi connectivity index (χ2n) is 12.5. The minimum Gasteiger partial charge on any atom is -1.00 e. The van der Waals surface area contributed by atoms with Crippen LogP contribution in [0.5, 0.6) is 11.5 Å². The lowest BCUT2D eigenvalue weighted by Gasteiger charge is -2.27. The molecule has 0 unspecified atom stereocenters. The maximum atomic E-state index is 15.1. The lowest BCUT2D eigenvalue weighted by molar-refractivity contribution is -0.869. The number of quaternary nitrogens is 1. The zero-order valence-corrected chi connectivity index (χ0v) is 28.2. The predicted molar refractivity (Wildman–Crippen MR) is 179 cm³/mol. The Balaban J connectivity index is 0.00000480. The number of rotatable bonds is 14. The quantitative estimate of drug-likeness (QED) is 0.131. The van der Waals surface area contributed by atoms with Gasteiger partial charge in [-0.05, 0) is 47.5 Å². The second kappa shape index (κ2) is 15.6. The Morgan fingerprint density at radius 3 is 2.20 bits per heavy atom. The van der Waals surface area contributed by atoms with Gasteiger partial charge in [0, 0.05) is 43.1 Å². The molecule has 0 N–H and O–H groups in total. The van der Waals surface area contributed by atoms with Gasteiger partial charge >= 0.3 is 0 Å². The fourth-order valence-corrected chi connectivity index (χ4v) is 6.10. The molecule has 0 saturated carbocycles. The maximum absolute atomic E-state index is 15.1. The Morgan fingerprint density at radius 2 is 1.52 bits per heavy atom. The first-order valence-corrected chi connectivity index (χ1v) is 15.8. The third kappa shape index (κ3) is 9.77. The monoisotopic (exact) mass is 659 g/mol. The molecule has 0 aliphatic heterocycles. The zero-order valence-electron chi connectivity index (χ0n) is 26.6. The van der Waals surface area contributed by atoms with Crippen molar-refractivity contribution >= 4 is 33.1 Å². The summed E-state index contributed by atoms with van der Waals surface area (Å²) in [6.07, 6.45) is 1.66. The number of benzene rings is 3. The van der Waals surface area contributed by atoms with Crippen LogP contribution in [0.25, 0.3) is 20.7 Å². The Bertz CT molecular complexity index is 1790. The number of aromatic nitrogens is 1. The SMILES string of the molecule is CN(CC[N+](C)(C)C)Cc1ccc(-c2cc3nccc(Oc4ccc(CC(=O)CC(=O)Cc5ccccc5)cc4F)c3s2)cc1.[Cl-]. The van der Waals surface area contributed by atoms with E-state index in [2.05, 4.69) is 62.3 Å². The summed E-state index contributed by atoms with van der Waals surface area (Å²) in [6, 6.07) is 26.1. The molecule has 0 aliphatic rings. The van der Waals surface area contributed by atoms with Crippen LogP contribution in [0.4, 0.5) is 4.39 Å². The van der Waals surface area contributed by atoms with Gasteiger partial charge in [-0.3, -0.25) is 19.5 Å². The number of ether oxygens (including phenoxy) is 1. The largest absolute Gasteiger partial charge is 1.00 e. The number of carbonyl (C=O) groups is 2. The number of halogens is 2. The Hall–Kier alpha value is -3.95. The van der Waals surface area contributed by atoms with Gasteiger partial charge in [-0.1, -0.05) is 60.7 Å². The summed E-state index contributed by atoms with van der Waals surface area (Å²) in [6.45, 7) is 2.99. The number of carbonyl (C=O) groups excluding carboxylic acids is 2.